The zero-order chi connectivity index (χ0) is 16.8. The molecule has 1 amide bonds. The van der Waals surface area contributed by atoms with Gasteiger partial charge in [0.05, 0.1) is 12.6 Å². The third kappa shape index (κ3) is 5.95. The van der Waals surface area contributed by atoms with Gasteiger partial charge in [0.25, 0.3) is 0 Å². The maximum absolute atomic E-state index is 12.8. The van der Waals surface area contributed by atoms with Crippen LogP contribution in [0.4, 0.5) is 0 Å². The fourth-order valence-corrected chi connectivity index (χ4v) is 3.15. The number of pyridine rings is 1. The van der Waals surface area contributed by atoms with E-state index in [1.165, 1.54) is 5.56 Å². The van der Waals surface area contributed by atoms with Gasteiger partial charge < -0.3 is 10.2 Å². The first-order valence-electron chi connectivity index (χ1n) is 8.36. The quantitative estimate of drug-likeness (QED) is 0.843. The number of nitrogens with zero attached hydrogens (tertiary/aromatic N) is 3. The number of nitrogens with one attached hydrogen (secondary N) is 1. The lowest BCUT2D eigenvalue weighted by molar-refractivity contribution is -0.135. The number of piperazine rings is 1. The van der Waals surface area contributed by atoms with E-state index in [2.05, 4.69) is 27.3 Å². The van der Waals surface area contributed by atoms with Crippen LogP contribution >= 0.6 is 24.8 Å². The highest BCUT2D eigenvalue weighted by atomic mass is 35.5. The van der Waals surface area contributed by atoms with E-state index in [1.807, 2.05) is 48.5 Å². The molecule has 1 atom stereocenters. The van der Waals surface area contributed by atoms with Crippen molar-refractivity contribution in [1.82, 2.24) is 20.1 Å². The van der Waals surface area contributed by atoms with E-state index in [4.69, 9.17) is 0 Å². The molecule has 1 aromatic heterocycles. The largest absolute Gasteiger partial charge is 0.332 e. The fourth-order valence-electron chi connectivity index (χ4n) is 3.15. The van der Waals surface area contributed by atoms with Gasteiger partial charge in [-0.05, 0) is 24.2 Å². The second-order valence-corrected chi connectivity index (χ2v) is 6.25. The second-order valence-electron chi connectivity index (χ2n) is 6.25. The number of amides is 1. The fraction of sp³-hybridized carbons (Fsp3) is 0.368. The molecule has 1 fully saturated rings. The minimum Gasteiger partial charge on any atom is -0.332 e. The minimum atomic E-state index is 0. The highest BCUT2D eigenvalue weighted by molar-refractivity contribution is 5.85. The summed E-state index contributed by atoms with van der Waals surface area (Å²) in [4.78, 5) is 21.1. The van der Waals surface area contributed by atoms with Crippen LogP contribution in [-0.2, 0) is 11.3 Å². The standard InChI is InChI=1S/C19H24N4O.2ClH/c1-22(14-16-6-3-2-4-7-16)15-19(24)23-11-10-21-13-18(23)17-8-5-9-20-12-17;;/h2-9,12,18,21H,10-11,13-15H2,1H3;2*1H. The van der Waals surface area contributed by atoms with E-state index in [0.29, 0.717) is 6.54 Å². The van der Waals surface area contributed by atoms with Crippen LogP contribution in [0.1, 0.15) is 17.2 Å². The Labute approximate surface area is 167 Å². The van der Waals surface area contributed by atoms with Crippen molar-refractivity contribution >= 4 is 30.7 Å². The number of rotatable bonds is 5. The van der Waals surface area contributed by atoms with Crippen molar-refractivity contribution in [1.29, 1.82) is 0 Å². The predicted octanol–water partition coefficient (Wildman–Crippen LogP) is 2.53. The topological polar surface area (TPSA) is 48.5 Å². The molecule has 2 aromatic rings. The van der Waals surface area contributed by atoms with Crippen LogP contribution in [0.25, 0.3) is 0 Å². The molecule has 0 aliphatic carbocycles. The van der Waals surface area contributed by atoms with Gasteiger partial charge in [-0.1, -0.05) is 36.4 Å². The van der Waals surface area contributed by atoms with E-state index in [1.54, 1.807) is 6.20 Å². The van der Waals surface area contributed by atoms with Crippen LogP contribution < -0.4 is 5.32 Å². The number of likely N-dealkylation sites (N-methyl/N-ethyl adjacent to an activating group) is 1. The number of carbonyl (C=O) groups is 1. The van der Waals surface area contributed by atoms with Crippen molar-refractivity contribution in [3.05, 3.63) is 66.0 Å². The van der Waals surface area contributed by atoms with Gasteiger partial charge in [0, 0.05) is 38.6 Å². The van der Waals surface area contributed by atoms with Crippen molar-refractivity contribution in [3.8, 4) is 0 Å². The Morgan fingerprint density at radius 1 is 1.23 bits per heavy atom. The Kier molecular flexibility index (Phi) is 9.59. The molecule has 0 saturated carbocycles. The molecule has 7 heteroatoms. The summed E-state index contributed by atoms with van der Waals surface area (Å²) < 4.78 is 0. The SMILES string of the molecule is CN(CC(=O)N1CCNCC1c1cccnc1)Cc1ccccc1.Cl.Cl. The third-order valence-electron chi connectivity index (χ3n) is 4.33. The van der Waals surface area contributed by atoms with Gasteiger partial charge in [0.15, 0.2) is 0 Å². The molecular formula is C19H26Cl2N4O. The van der Waals surface area contributed by atoms with Gasteiger partial charge in [-0.2, -0.15) is 0 Å². The van der Waals surface area contributed by atoms with Crippen LogP contribution in [0.2, 0.25) is 0 Å². The lowest BCUT2D eigenvalue weighted by Crippen LogP contribution is -2.51. The lowest BCUT2D eigenvalue weighted by Gasteiger charge is -2.37. The highest BCUT2D eigenvalue weighted by Gasteiger charge is 2.28. The number of aromatic nitrogens is 1. The third-order valence-corrected chi connectivity index (χ3v) is 4.33. The Morgan fingerprint density at radius 2 is 2.00 bits per heavy atom. The molecule has 26 heavy (non-hydrogen) atoms. The number of benzene rings is 1. The summed E-state index contributed by atoms with van der Waals surface area (Å²) in [5.74, 6) is 0.170. The number of carbonyl (C=O) groups excluding carboxylic acids is 1. The number of halogens is 2. The normalized spacial score (nSPS) is 16.5. The van der Waals surface area contributed by atoms with E-state index < -0.39 is 0 Å². The summed E-state index contributed by atoms with van der Waals surface area (Å²) in [7, 11) is 1.99. The van der Waals surface area contributed by atoms with E-state index in [0.717, 1.165) is 31.7 Å². The molecule has 1 N–H and O–H groups in total. The maximum atomic E-state index is 12.8. The van der Waals surface area contributed by atoms with E-state index in [9.17, 15) is 4.79 Å². The smallest absolute Gasteiger partial charge is 0.237 e. The van der Waals surface area contributed by atoms with Crippen LogP contribution in [0.15, 0.2) is 54.9 Å². The maximum Gasteiger partial charge on any atom is 0.237 e. The van der Waals surface area contributed by atoms with Crippen LogP contribution in [0.3, 0.4) is 0 Å². The Morgan fingerprint density at radius 3 is 2.69 bits per heavy atom. The van der Waals surface area contributed by atoms with Gasteiger partial charge in [0.1, 0.15) is 0 Å². The van der Waals surface area contributed by atoms with Crippen LogP contribution in [0.5, 0.6) is 0 Å². The van der Waals surface area contributed by atoms with Crippen molar-refractivity contribution < 1.29 is 4.79 Å². The molecule has 1 aliphatic heterocycles. The molecule has 5 nitrogen and oxygen atoms in total. The van der Waals surface area contributed by atoms with Gasteiger partial charge in [-0.3, -0.25) is 14.7 Å². The average molecular weight is 397 g/mol. The number of hydrogen-bond donors (Lipinski definition) is 1. The molecule has 1 saturated heterocycles. The summed E-state index contributed by atoms with van der Waals surface area (Å²) in [5, 5.41) is 3.38. The van der Waals surface area contributed by atoms with Crippen molar-refractivity contribution in [2.75, 3.05) is 33.2 Å². The second kappa shape index (κ2) is 11.1. The summed E-state index contributed by atoms with van der Waals surface area (Å²) in [6, 6.07) is 14.3. The molecule has 3 rings (SSSR count). The molecule has 0 radical (unpaired) electrons. The first kappa shape index (κ1) is 22.4. The summed E-state index contributed by atoms with van der Waals surface area (Å²) >= 11 is 0. The van der Waals surface area contributed by atoms with E-state index in [-0.39, 0.29) is 36.8 Å². The van der Waals surface area contributed by atoms with Crippen LogP contribution in [0, 0.1) is 0 Å². The molecule has 2 heterocycles. The molecule has 0 spiro atoms. The molecule has 1 aromatic carbocycles. The van der Waals surface area contributed by atoms with Crippen molar-refractivity contribution in [3.63, 3.8) is 0 Å². The number of hydrogen-bond acceptors (Lipinski definition) is 4. The van der Waals surface area contributed by atoms with Crippen LogP contribution in [-0.4, -0.2) is 53.9 Å². The van der Waals surface area contributed by atoms with E-state index >= 15 is 0 Å². The molecule has 1 unspecified atom stereocenters. The van der Waals surface area contributed by atoms with Crippen molar-refractivity contribution in [2.24, 2.45) is 0 Å². The first-order chi connectivity index (χ1) is 11.7. The zero-order valence-corrected chi connectivity index (χ0v) is 16.5. The molecule has 0 bridgehead atoms. The van der Waals surface area contributed by atoms with Gasteiger partial charge in [-0.15, -0.1) is 24.8 Å². The molecule has 142 valence electrons. The van der Waals surface area contributed by atoms with Crippen molar-refractivity contribution in [2.45, 2.75) is 12.6 Å². The Hall–Kier alpha value is -1.66. The average Bonchev–Trinajstić information content (AvgIpc) is 2.63. The summed E-state index contributed by atoms with van der Waals surface area (Å²) in [6.45, 7) is 3.55. The summed E-state index contributed by atoms with van der Waals surface area (Å²) in [5.41, 5.74) is 2.31. The zero-order valence-electron chi connectivity index (χ0n) is 14.9. The van der Waals surface area contributed by atoms with Gasteiger partial charge in [-0.25, -0.2) is 0 Å². The minimum absolute atomic E-state index is 0. The molecule has 1 aliphatic rings. The first-order valence-corrected chi connectivity index (χ1v) is 8.36. The highest BCUT2D eigenvalue weighted by Crippen LogP contribution is 2.21. The lowest BCUT2D eigenvalue weighted by atomic mass is 10.1. The van der Waals surface area contributed by atoms with Gasteiger partial charge >= 0.3 is 0 Å². The monoisotopic (exact) mass is 396 g/mol. The molecular weight excluding hydrogens is 371 g/mol. The van der Waals surface area contributed by atoms with Gasteiger partial charge in [0.2, 0.25) is 5.91 Å². The Balaban J connectivity index is 0.00000169. The summed E-state index contributed by atoms with van der Waals surface area (Å²) in [6.07, 6.45) is 3.62. The Bertz CT molecular complexity index is 657. The predicted molar refractivity (Wildman–Crippen MR) is 109 cm³/mol.